The van der Waals surface area contributed by atoms with Crippen molar-refractivity contribution in [2.24, 2.45) is 0 Å². The molecule has 2 rings (SSSR count). The van der Waals surface area contributed by atoms with E-state index < -0.39 is 0 Å². The van der Waals surface area contributed by atoms with Crippen LogP contribution < -0.4 is 5.32 Å². The van der Waals surface area contributed by atoms with Gasteiger partial charge in [0.25, 0.3) is 0 Å². The van der Waals surface area contributed by atoms with Gasteiger partial charge in [-0.1, -0.05) is 41.4 Å². The predicted molar refractivity (Wildman–Crippen MR) is 79.4 cm³/mol. The molecule has 0 atom stereocenters. The van der Waals surface area contributed by atoms with Gasteiger partial charge in [0, 0.05) is 5.56 Å². The van der Waals surface area contributed by atoms with Crippen molar-refractivity contribution in [2.75, 3.05) is 5.32 Å². The first kappa shape index (κ1) is 14.6. The second-order valence-electron chi connectivity index (χ2n) is 4.28. The molecule has 0 aliphatic rings. The summed E-state index contributed by atoms with van der Waals surface area (Å²) in [6.45, 7) is 1.77. The zero-order valence-corrected chi connectivity index (χ0v) is 12.2. The van der Waals surface area contributed by atoms with Gasteiger partial charge in [-0.05, 0) is 24.6 Å². The van der Waals surface area contributed by atoms with Crippen LogP contribution in [0.3, 0.4) is 0 Å². The molecule has 0 saturated heterocycles. The van der Waals surface area contributed by atoms with Crippen LogP contribution in [-0.2, 0) is 11.2 Å². The van der Waals surface area contributed by atoms with Crippen molar-refractivity contribution in [3.8, 4) is 5.75 Å². The van der Waals surface area contributed by atoms with Crippen LogP contribution in [0.1, 0.15) is 11.1 Å². The van der Waals surface area contributed by atoms with E-state index in [2.05, 4.69) is 10.3 Å². The molecule has 4 nitrogen and oxygen atoms in total. The summed E-state index contributed by atoms with van der Waals surface area (Å²) < 4.78 is 0. The van der Waals surface area contributed by atoms with Crippen molar-refractivity contribution >= 4 is 34.8 Å². The Balaban J connectivity index is 2.15. The third-order valence-corrected chi connectivity index (χ3v) is 3.22. The topological polar surface area (TPSA) is 62.2 Å². The van der Waals surface area contributed by atoms with Crippen molar-refractivity contribution in [3.63, 3.8) is 0 Å². The van der Waals surface area contributed by atoms with Gasteiger partial charge in [-0.25, -0.2) is 4.98 Å². The smallest absolute Gasteiger partial charge is 0.229 e. The SMILES string of the molecule is Cc1cc(Cl)nc(Cl)c1NC(=O)Cc1ccccc1O. The average molecular weight is 311 g/mol. The summed E-state index contributed by atoms with van der Waals surface area (Å²) in [5.74, 6) is -0.208. The lowest BCUT2D eigenvalue weighted by molar-refractivity contribution is -0.115. The Labute approximate surface area is 126 Å². The number of halogens is 2. The summed E-state index contributed by atoms with van der Waals surface area (Å²) in [7, 11) is 0. The Bertz CT molecular complexity index is 636. The number of aromatic nitrogens is 1. The molecule has 0 bridgehead atoms. The van der Waals surface area contributed by atoms with Gasteiger partial charge in [-0.2, -0.15) is 0 Å². The Morgan fingerprint density at radius 1 is 1.35 bits per heavy atom. The van der Waals surface area contributed by atoms with Crippen molar-refractivity contribution in [1.82, 2.24) is 4.98 Å². The van der Waals surface area contributed by atoms with Gasteiger partial charge in [0.1, 0.15) is 10.9 Å². The first-order valence-corrected chi connectivity index (χ1v) is 6.62. The summed E-state index contributed by atoms with van der Waals surface area (Å²) in [6.07, 6.45) is 0.0467. The molecule has 1 aromatic heterocycles. The van der Waals surface area contributed by atoms with Crippen molar-refractivity contribution in [2.45, 2.75) is 13.3 Å². The largest absolute Gasteiger partial charge is 0.508 e. The number of aryl methyl sites for hydroxylation is 1. The maximum Gasteiger partial charge on any atom is 0.229 e. The Kier molecular flexibility index (Phi) is 4.47. The van der Waals surface area contributed by atoms with Gasteiger partial charge < -0.3 is 10.4 Å². The standard InChI is InChI=1S/C14H12Cl2N2O2/c1-8-6-11(15)17-14(16)13(8)18-12(20)7-9-4-2-3-5-10(9)19/h2-6,19H,7H2,1H3,(H,18,20). The minimum absolute atomic E-state index is 0.0467. The maximum absolute atomic E-state index is 12.0. The fourth-order valence-electron chi connectivity index (χ4n) is 1.76. The molecule has 1 heterocycles. The summed E-state index contributed by atoms with van der Waals surface area (Å²) in [5.41, 5.74) is 1.69. The molecule has 0 radical (unpaired) electrons. The third-order valence-electron chi connectivity index (χ3n) is 2.75. The highest BCUT2D eigenvalue weighted by Crippen LogP contribution is 2.27. The number of rotatable bonds is 3. The zero-order chi connectivity index (χ0) is 14.7. The maximum atomic E-state index is 12.0. The number of para-hydroxylation sites is 1. The fraction of sp³-hybridized carbons (Fsp3) is 0.143. The number of anilines is 1. The minimum atomic E-state index is -0.291. The number of phenols is 1. The van der Waals surface area contributed by atoms with Crippen LogP contribution in [-0.4, -0.2) is 16.0 Å². The van der Waals surface area contributed by atoms with E-state index in [4.69, 9.17) is 23.2 Å². The third kappa shape index (κ3) is 3.40. The predicted octanol–water partition coefficient (Wildman–Crippen LogP) is 3.58. The first-order chi connectivity index (χ1) is 9.47. The number of amides is 1. The van der Waals surface area contributed by atoms with Gasteiger partial charge in [-0.15, -0.1) is 0 Å². The van der Waals surface area contributed by atoms with E-state index in [0.29, 0.717) is 11.3 Å². The molecule has 0 aliphatic heterocycles. The van der Waals surface area contributed by atoms with Crippen molar-refractivity contribution in [1.29, 1.82) is 0 Å². The van der Waals surface area contributed by atoms with Crippen LogP contribution in [0, 0.1) is 6.92 Å². The van der Waals surface area contributed by atoms with E-state index in [-0.39, 0.29) is 28.4 Å². The summed E-state index contributed by atoms with van der Waals surface area (Å²) in [6, 6.07) is 8.28. The number of nitrogens with one attached hydrogen (secondary N) is 1. The molecule has 1 amide bonds. The molecule has 2 N–H and O–H groups in total. The molecule has 0 unspecified atom stereocenters. The van der Waals surface area contributed by atoms with E-state index in [1.54, 1.807) is 31.2 Å². The minimum Gasteiger partial charge on any atom is -0.508 e. The molecular formula is C14H12Cl2N2O2. The lowest BCUT2D eigenvalue weighted by Gasteiger charge is -2.10. The molecule has 0 saturated carbocycles. The molecule has 1 aromatic carbocycles. The number of hydrogen-bond acceptors (Lipinski definition) is 3. The number of carbonyl (C=O) groups excluding carboxylic acids is 1. The van der Waals surface area contributed by atoms with Crippen molar-refractivity contribution < 1.29 is 9.90 Å². The van der Waals surface area contributed by atoms with E-state index in [1.807, 2.05) is 0 Å². The fourth-order valence-corrected chi connectivity index (χ4v) is 2.34. The number of hydrogen-bond donors (Lipinski definition) is 2. The van der Waals surface area contributed by atoms with E-state index in [9.17, 15) is 9.90 Å². The molecule has 0 aliphatic carbocycles. The molecule has 104 valence electrons. The number of benzene rings is 1. The second-order valence-corrected chi connectivity index (χ2v) is 5.03. The molecule has 6 heteroatoms. The normalized spacial score (nSPS) is 10.3. The van der Waals surface area contributed by atoms with Crippen LogP contribution in [0.25, 0.3) is 0 Å². The highest BCUT2D eigenvalue weighted by molar-refractivity contribution is 6.34. The summed E-state index contributed by atoms with van der Waals surface area (Å²) >= 11 is 11.7. The Hall–Kier alpha value is -1.78. The van der Waals surface area contributed by atoms with Gasteiger partial charge in [-0.3, -0.25) is 4.79 Å². The van der Waals surface area contributed by atoms with E-state index in [1.165, 1.54) is 6.07 Å². The van der Waals surface area contributed by atoms with Gasteiger partial charge >= 0.3 is 0 Å². The summed E-state index contributed by atoms with van der Waals surface area (Å²) in [4.78, 5) is 15.9. The van der Waals surface area contributed by atoms with Crippen LogP contribution in [0.15, 0.2) is 30.3 Å². The summed E-state index contributed by atoms with van der Waals surface area (Å²) in [5, 5.41) is 12.7. The Morgan fingerprint density at radius 2 is 2.05 bits per heavy atom. The van der Waals surface area contributed by atoms with Crippen LogP contribution in [0.2, 0.25) is 10.3 Å². The molecule has 0 fully saturated rings. The zero-order valence-electron chi connectivity index (χ0n) is 10.7. The van der Waals surface area contributed by atoms with Gasteiger partial charge in [0.15, 0.2) is 5.15 Å². The van der Waals surface area contributed by atoms with Gasteiger partial charge in [0.2, 0.25) is 5.91 Å². The lowest BCUT2D eigenvalue weighted by atomic mass is 10.1. The first-order valence-electron chi connectivity index (χ1n) is 5.86. The Morgan fingerprint density at radius 3 is 2.70 bits per heavy atom. The van der Waals surface area contributed by atoms with E-state index in [0.717, 1.165) is 5.56 Å². The quantitative estimate of drug-likeness (QED) is 0.852. The average Bonchev–Trinajstić information content (AvgIpc) is 2.36. The molecule has 20 heavy (non-hydrogen) atoms. The molecule has 0 spiro atoms. The lowest BCUT2D eigenvalue weighted by Crippen LogP contribution is -2.16. The van der Waals surface area contributed by atoms with E-state index >= 15 is 0 Å². The monoisotopic (exact) mass is 310 g/mol. The number of pyridine rings is 1. The molecular weight excluding hydrogens is 299 g/mol. The van der Waals surface area contributed by atoms with Crippen LogP contribution in [0.5, 0.6) is 5.75 Å². The van der Waals surface area contributed by atoms with Crippen LogP contribution >= 0.6 is 23.2 Å². The second kappa shape index (κ2) is 6.11. The van der Waals surface area contributed by atoms with Gasteiger partial charge in [0.05, 0.1) is 12.1 Å². The number of aromatic hydroxyl groups is 1. The number of carbonyl (C=O) groups is 1. The van der Waals surface area contributed by atoms with Crippen LogP contribution in [0.4, 0.5) is 5.69 Å². The number of phenolic OH excluding ortho intramolecular Hbond substituents is 1. The molecule has 2 aromatic rings. The number of nitrogens with zero attached hydrogens (tertiary/aromatic N) is 1. The highest BCUT2D eigenvalue weighted by atomic mass is 35.5. The van der Waals surface area contributed by atoms with Crippen molar-refractivity contribution in [3.05, 3.63) is 51.8 Å². The highest BCUT2D eigenvalue weighted by Gasteiger charge is 2.12.